The summed E-state index contributed by atoms with van der Waals surface area (Å²) in [6.07, 6.45) is 4.40. The van der Waals surface area contributed by atoms with Crippen LogP contribution < -0.4 is 15.8 Å². The van der Waals surface area contributed by atoms with Gasteiger partial charge >= 0.3 is 0 Å². The van der Waals surface area contributed by atoms with Gasteiger partial charge in [0.25, 0.3) is 0 Å². The molecule has 0 aliphatic carbocycles. The highest BCUT2D eigenvalue weighted by Gasteiger charge is 2.14. The van der Waals surface area contributed by atoms with E-state index in [0.717, 1.165) is 5.75 Å². The van der Waals surface area contributed by atoms with Crippen molar-refractivity contribution in [2.45, 2.75) is 12.1 Å². The Morgan fingerprint density at radius 3 is 2.76 bits per heavy atom. The largest absolute Gasteiger partial charge is 0.492 e. The molecule has 1 aromatic rings. The zero-order valence-electron chi connectivity index (χ0n) is 9.67. The van der Waals surface area contributed by atoms with E-state index in [-0.39, 0.29) is 6.61 Å². The molecule has 0 fully saturated rings. The van der Waals surface area contributed by atoms with Crippen LogP contribution in [0.15, 0.2) is 30.3 Å². The summed E-state index contributed by atoms with van der Waals surface area (Å²) in [5, 5.41) is 12.6. The Labute approximate surface area is 102 Å². The summed E-state index contributed by atoms with van der Waals surface area (Å²) in [5.41, 5.74) is 5.78. The zero-order chi connectivity index (χ0) is 12.5. The summed E-state index contributed by atoms with van der Waals surface area (Å²) in [5.74, 6) is 3.17. The number of rotatable bonds is 7. The Kier molecular flexibility index (Phi) is 6.12. The van der Waals surface area contributed by atoms with Gasteiger partial charge in [-0.15, -0.1) is 6.42 Å². The Bertz CT molecular complexity index is 348. The van der Waals surface area contributed by atoms with Gasteiger partial charge in [-0.2, -0.15) is 0 Å². The van der Waals surface area contributed by atoms with Crippen LogP contribution in [-0.2, 0) is 0 Å². The molecule has 1 aromatic carbocycles. The van der Waals surface area contributed by atoms with Crippen LogP contribution in [0.25, 0.3) is 0 Å². The van der Waals surface area contributed by atoms with Crippen molar-refractivity contribution in [3.8, 4) is 18.1 Å². The Balaban J connectivity index is 2.24. The molecule has 0 saturated heterocycles. The van der Waals surface area contributed by atoms with Gasteiger partial charge in [0, 0.05) is 6.54 Å². The molecule has 92 valence electrons. The predicted molar refractivity (Wildman–Crippen MR) is 67.6 cm³/mol. The first kappa shape index (κ1) is 13.5. The van der Waals surface area contributed by atoms with Gasteiger partial charge in [0.05, 0.1) is 18.7 Å². The number of aliphatic hydroxyl groups is 1. The van der Waals surface area contributed by atoms with Crippen LogP contribution in [0.5, 0.6) is 5.75 Å². The average molecular weight is 234 g/mol. The molecule has 2 atom stereocenters. The average Bonchev–Trinajstić information content (AvgIpc) is 2.37. The van der Waals surface area contributed by atoms with Gasteiger partial charge in [-0.3, -0.25) is 0 Å². The lowest BCUT2D eigenvalue weighted by molar-refractivity contribution is 0.115. The molecule has 0 bridgehead atoms. The van der Waals surface area contributed by atoms with Gasteiger partial charge in [-0.05, 0) is 12.1 Å². The summed E-state index contributed by atoms with van der Waals surface area (Å²) < 4.78 is 5.44. The molecular weight excluding hydrogens is 216 g/mol. The number of hydrogen-bond acceptors (Lipinski definition) is 4. The van der Waals surface area contributed by atoms with E-state index < -0.39 is 12.1 Å². The second-order valence-corrected chi connectivity index (χ2v) is 3.69. The molecule has 0 saturated carbocycles. The molecule has 0 heterocycles. The first-order chi connectivity index (χ1) is 8.24. The number of hydrogen-bond donors (Lipinski definition) is 3. The molecular formula is C13H18N2O2. The minimum absolute atomic E-state index is 0.267. The Hall–Kier alpha value is -1.54. The normalized spacial score (nSPS) is 13.7. The second kappa shape index (κ2) is 7.69. The van der Waals surface area contributed by atoms with Crippen molar-refractivity contribution in [2.75, 3.05) is 19.7 Å². The van der Waals surface area contributed by atoms with Gasteiger partial charge < -0.3 is 20.9 Å². The Morgan fingerprint density at radius 1 is 1.41 bits per heavy atom. The van der Waals surface area contributed by atoms with E-state index in [4.69, 9.17) is 16.9 Å². The van der Waals surface area contributed by atoms with E-state index in [1.807, 2.05) is 30.3 Å². The quantitative estimate of drug-likeness (QED) is 0.458. The van der Waals surface area contributed by atoms with Gasteiger partial charge in [0.1, 0.15) is 12.4 Å². The fourth-order valence-corrected chi connectivity index (χ4v) is 1.26. The van der Waals surface area contributed by atoms with E-state index in [2.05, 4.69) is 11.2 Å². The summed E-state index contributed by atoms with van der Waals surface area (Å²) >= 11 is 0. The fourth-order valence-electron chi connectivity index (χ4n) is 1.26. The lowest BCUT2D eigenvalue weighted by Gasteiger charge is -2.19. The number of benzene rings is 1. The SMILES string of the molecule is C#CCNC[C@@H](O)[C@@H](N)COc1ccccc1. The molecule has 0 unspecified atom stereocenters. The zero-order valence-corrected chi connectivity index (χ0v) is 9.67. The van der Waals surface area contributed by atoms with Crippen molar-refractivity contribution in [3.05, 3.63) is 30.3 Å². The van der Waals surface area contributed by atoms with Crippen LogP contribution >= 0.6 is 0 Å². The molecule has 17 heavy (non-hydrogen) atoms. The summed E-state index contributed by atoms with van der Waals surface area (Å²) in [6.45, 7) is 1.05. The first-order valence-electron chi connectivity index (χ1n) is 5.49. The van der Waals surface area contributed by atoms with Crippen LogP contribution in [0.3, 0.4) is 0 Å². The highest BCUT2D eigenvalue weighted by atomic mass is 16.5. The van der Waals surface area contributed by atoms with Gasteiger partial charge in [0.2, 0.25) is 0 Å². The van der Waals surface area contributed by atoms with Crippen LogP contribution in [0.1, 0.15) is 0 Å². The van der Waals surface area contributed by atoms with E-state index >= 15 is 0 Å². The van der Waals surface area contributed by atoms with Crippen LogP contribution in [0.2, 0.25) is 0 Å². The molecule has 0 aromatic heterocycles. The van der Waals surface area contributed by atoms with Gasteiger partial charge in [0.15, 0.2) is 0 Å². The van der Waals surface area contributed by atoms with Gasteiger partial charge in [-0.1, -0.05) is 24.1 Å². The molecule has 1 rings (SSSR count). The van der Waals surface area contributed by atoms with E-state index in [1.165, 1.54) is 0 Å². The maximum Gasteiger partial charge on any atom is 0.119 e. The molecule has 0 aliphatic heterocycles. The van der Waals surface area contributed by atoms with E-state index in [0.29, 0.717) is 13.1 Å². The third-order valence-corrected chi connectivity index (χ3v) is 2.26. The molecule has 4 N–H and O–H groups in total. The maximum absolute atomic E-state index is 9.69. The lowest BCUT2D eigenvalue weighted by atomic mass is 10.2. The highest BCUT2D eigenvalue weighted by Crippen LogP contribution is 2.08. The number of nitrogens with two attached hydrogens (primary N) is 1. The number of nitrogens with one attached hydrogen (secondary N) is 1. The summed E-state index contributed by atoms with van der Waals surface area (Å²) in [4.78, 5) is 0. The molecule has 0 amide bonds. The summed E-state index contributed by atoms with van der Waals surface area (Å²) in [6, 6.07) is 8.91. The molecule has 4 heteroatoms. The molecule has 0 aliphatic rings. The second-order valence-electron chi connectivity index (χ2n) is 3.69. The predicted octanol–water partition coefficient (Wildman–Crippen LogP) is -0.0236. The molecule has 4 nitrogen and oxygen atoms in total. The molecule has 0 spiro atoms. The van der Waals surface area contributed by atoms with Crippen LogP contribution in [-0.4, -0.2) is 36.9 Å². The minimum Gasteiger partial charge on any atom is -0.492 e. The van der Waals surface area contributed by atoms with Crippen LogP contribution in [0.4, 0.5) is 0 Å². The monoisotopic (exact) mass is 234 g/mol. The maximum atomic E-state index is 9.69. The minimum atomic E-state index is -0.674. The van der Waals surface area contributed by atoms with Gasteiger partial charge in [-0.25, -0.2) is 0 Å². The fraction of sp³-hybridized carbons (Fsp3) is 0.385. The third kappa shape index (κ3) is 5.36. The van der Waals surface area contributed by atoms with E-state index in [1.54, 1.807) is 0 Å². The smallest absolute Gasteiger partial charge is 0.119 e. The van der Waals surface area contributed by atoms with Crippen molar-refractivity contribution >= 4 is 0 Å². The van der Waals surface area contributed by atoms with Crippen molar-refractivity contribution in [1.29, 1.82) is 0 Å². The first-order valence-corrected chi connectivity index (χ1v) is 5.49. The van der Waals surface area contributed by atoms with Crippen molar-refractivity contribution in [1.82, 2.24) is 5.32 Å². The standard InChI is InChI=1S/C13H18N2O2/c1-2-8-15-9-13(16)12(14)10-17-11-6-4-3-5-7-11/h1,3-7,12-13,15-16H,8-10,14H2/t12-,13+/m0/s1. The Morgan fingerprint density at radius 2 is 2.12 bits per heavy atom. The number of ether oxygens (including phenoxy) is 1. The molecule has 0 radical (unpaired) electrons. The van der Waals surface area contributed by atoms with Crippen molar-refractivity contribution < 1.29 is 9.84 Å². The van der Waals surface area contributed by atoms with Crippen LogP contribution in [0, 0.1) is 12.3 Å². The summed E-state index contributed by atoms with van der Waals surface area (Å²) in [7, 11) is 0. The van der Waals surface area contributed by atoms with Crippen molar-refractivity contribution in [3.63, 3.8) is 0 Å². The third-order valence-electron chi connectivity index (χ3n) is 2.26. The number of terminal acetylenes is 1. The number of para-hydroxylation sites is 1. The highest BCUT2D eigenvalue weighted by molar-refractivity contribution is 5.20. The number of aliphatic hydroxyl groups excluding tert-OH is 1. The van der Waals surface area contributed by atoms with E-state index in [9.17, 15) is 5.11 Å². The lowest BCUT2D eigenvalue weighted by Crippen LogP contribution is -2.45. The van der Waals surface area contributed by atoms with Crippen molar-refractivity contribution in [2.24, 2.45) is 5.73 Å². The topological polar surface area (TPSA) is 67.5 Å².